The highest BCUT2D eigenvalue weighted by Crippen LogP contribution is 2.32. The Balaban J connectivity index is 0.00000220. The van der Waals surface area contributed by atoms with Crippen molar-refractivity contribution in [2.24, 2.45) is 17.6 Å². The number of nitrogens with two attached hydrogens (primary N) is 1. The number of hydrogen-bond acceptors (Lipinski definition) is 2. The van der Waals surface area contributed by atoms with E-state index in [2.05, 4.69) is 0 Å². The van der Waals surface area contributed by atoms with Gasteiger partial charge in [-0.1, -0.05) is 24.1 Å². The summed E-state index contributed by atoms with van der Waals surface area (Å²) in [6.07, 6.45) is 2.99. The molecule has 1 aromatic rings. The van der Waals surface area contributed by atoms with Gasteiger partial charge in [-0.05, 0) is 43.0 Å². The lowest BCUT2D eigenvalue weighted by atomic mass is 9.95. The van der Waals surface area contributed by atoms with E-state index in [9.17, 15) is 9.18 Å². The molecule has 3 nitrogen and oxygen atoms in total. The van der Waals surface area contributed by atoms with E-state index in [4.69, 9.17) is 17.3 Å². The van der Waals surface area contributed by atoms with E-state index < -0.39 is 0 Å². The molecule has 2 atom stereocenters. The van der Waals surface area contributed by atoms with Crippen LogP contribution in [-0.2, 0) is 11.3 Å². The smallest absolute Gasteiger partial charge is 0.226 e. The van der Waals surface area contributed by atoms with Crippen LogP contribution in [0.2, 0.25) is 5.02 Å². The molecule has 1 saturated carbocycles. The topological polar surface area (TPSA) is 46.3 Å². The van der Waals surface area contributed by atoms with Crippen molar-refractivity contribution in [2.75, 3.05) is 13.6 Å². The Morgan fingerprint density at radius 2 is 2.19 bits per heavy atom. The fraction of sp³-hybridized carbons (Fsp3) is 0.533. The fourth-order valence-corrected chi connectivity index (χ4v) is 3.14. The Hall–Kier alpha value is -0.840. The third-order valence-electron chi connectivity index (χ3n) is 4.08. The van der Waals surface area contributed by atoms with E-state index in [0.29, 0.717) is 18.1 Å². The van der Waals surface area contributed by atoms with Crippen LogP contribution >= 0.6 is 24.0 Å². The van der Waals surface area contributed by atoms with Gasteiger partial charge in [0.25, 0.3) is 0 Å². The second kappa shape index (κ2) is 7.97. The third-order valence-corrected chi connectivity index (χ3v) is 4.43. The third kappa shape index (κ3) is 4.31. The fourth-order valence-electron chi connectivity index (χ4n) is 2.91. The lowest BCUT2D eigenvalue weighted by Gasteiger charge is -2.25. The summed E-state index contributed by atoms with van der Waals surface area (Å²) >= 11 is 6.00. The maximum atomic E-state index is 13.0. The summed E-state index contributed by atoms with van der Waals surface area (Å²) < 4.78 is 13.0. The molecule has 21 heavy (non-hydrogen) atoms. The number of benzene rings is 1. The maximum Gasteiger partial charge on any atom is 0.226 e. The Labute approximate surface area is 136 Å². The molecule has 0 spiro atoms. The Kier molecular flexibility index (Phi) is 6.91. The van der Waals surface area contributed by atoms with Crippen molar-refractivity contribution in [1.29, 1.82) is 0 Å². The van der Waals surface area contributed by atoms with Crippen LogP contribution in [0.15, 0.2) is 18.2 Å². The van der Waals surface area contributed by atoms with Crippen LogP contribution in [-0.4, -0.2) is 24.4 Å². The summed E-state index contributed by atoms with van der Waals surface area (Å²) in [5.74, 6) is 0.0444. The molecule has 1 aromatic carbocycles. The van der Waals surface area contributed by atoms with Gasteiger partial charge in [0.05, 0.1) is 0 Å². The van der Waals surface area contributed by atoms with E-state index in [1.807, 2.05) is 0 Å². The molecular formula is C15H21Cl2FN2O. The molecule has 0 unspecified atom stereocenters. The van der Waals surface area contributed by atoms with Gasteiger partial charge in [0.1, 0.15) is 5.82 Å². The molecule has 1 amide bonds. The molecule has 118 valence electrons. The van der Waals surface area contributed by atoms with Gasteiger partial charge >= 0.3 is 0 Å². The number of carbonyl (C=O) groups is 1. The average Bonchev–Trinajstić information content (AvgIpc) is 2.89. The van der Waals surface area contributed by atoms with Crippen molar-refractivity contribution >= 4 is 29.9 Å². The summed E-state index contributed by atoms with van der Waals surface area (Å²) in [6.45, 7) is 0.952. The first kappa shape index (κ1) is 18.2. The van der Waals surface area contributed by atoms with Gasteiger partial charge in [-0.15, -0.1) is 12.4 Å². The molecule has 0 saturated heterocycles. The molecule has 1 aliphatic rings. The molecule has 0 bridgehead atoms. The van der Waals surface area contributed by atoms with Crippen molar-refractivity contribution < 1.29 is 9.18 Å². The van der Waals surface area contributed by atoms with Crippen LogP contribution in [0, 0.1) is 17.7 Å². The van der Waals surface area contributed by atoms with E-state index in [-0.39, 0.29) is 36.0 Å². The van der Waals surface area contributed by atoms with Gasteiger partial charge in [0, 0.05) is 24.5 Å². The Morgan fingerprint density at radius 3 is 2.81 bits per heavy atom. The second-order valence-electron chi connectivity index (χ2n) is 5.46. The second-order valence-corrected chi connectivity index (χ2v) is 5.87. The van der Waals surface area contributed by atoms with Gasteiger partial charge < -0.3 is 10.6 Å². The molecular weight excluding hydrogens is 314 g/mol. The predicted molar refractivity (Wildman–Crippen MR) is 85.0 cm³/mol. The lowest BCUT2D eigenvalue weighted by molar-refractivity contribution is -0.135. The molecule has 0 heterocycles. The van der Waals surface area contributed by atoms with Gasteiger partial charge in [-0.25, -0.2) is 4.39 Å². The lowest BCUT2D eigenvalue weighted by Crippen LogP contribution is -2.36. The van der Waals surface area contributed by atoms with Gasteiger partial charge in [0.2, 0.25) is 5.91 Å². The minimum atomic E-state index is -0.369. The highest BCUT2D eigenvalue weighted by Gasteiger charge is 2.33. The number of hydrogen-bond donors (Lipinski definition) is 1. The highest BCUT2D eigenvalue weighted by atomic mass is 35.5. The van der Waals surface area contributed by atoms with Crippen molar-refractivity contribution in [1.82, 2.24) is 4.90 Å². The summed E-state index contributed by atoms with van der Waals surface area (Å²) in [5.41, 5.74) is 6.48. The van der Waals surface area contributed by atoms with Gasteiger partial charge in [0.15, 0.2) is 0 Å². The monoisotopic (exact) mass is 334 g/mol. The van der Waals surface area contributed by atoms with E-state index >= 15 is 0 Å². The van der Waals surface area contributed by atoms with Crippen LogP contribution in [0.5, 0.6) is 0 Å². The minimum absolute atomic E-state index is 0. The summed E-state index contributed by atoms with van der Waals surface area (Å²) in [7, 11) is 1.76. The van der Waals surface area contributed by atoms with E-state index in [1.165, 1.54) is 12.1 Å². The Bertz CT molecular complexity index is 499. The van der Waals surface area contributed by atoms with Crippen molar-refractivity contribution in [3.8, 4) is 0 Å². The molecule has 2 rings (SSSR count). The molecule has 0 aromatic heterocycles. The van der Waals surface area contributed by atoms with Crippen molar-refractivity contribution in [2.45, 2.75) is 25.8 Å². The van der Waals surface area contributed by atoms with Crippen LogP contribution in [0.1, 0.15) is 24.8 Å². The number of nitrogens with zero attached hydrogens (tertiary/aromatic N) is 1. The number of rotatable bonds is 4. The van der Waals surface area contributed by atoms with Gasteiger partial charge in [-0.2, -0.15) is 0 Å². The summed E-state index contributed by atoms with van der Waals surface area (Å²) in [4.78, 5) is 14.1. The summed E-state index contributed by atoms with van der Waals surface area (Å²) in [5, 5.41) is 0.353. The molecule has 0 radical (unpaired) electrons. The van der Waals surface area contributed by atoms with Crippen LogP contribution in [0.25, 0.3) is 0 Å². The molecule has 1 fully saturated rings. The van der Waals surface area contributed by atoms with Crippen LogP contribution in [0.3, 0.4) is 0 Å². The first-order valence-electron chi connectivity index (χ1n) is 6.92. The standard InChI is InChI=1S/C15H20ClFN2O.ClH/c1-19(9-11-5-6-12(17)7-14(11)16)15(20)13-4-2-3-10(13)8-18;/h5-7,10,13H,2-4,8-9,18H2,1H3;1H/t10-,13-;/m1./s1. The Morgan fingerprint density at radius 1 is 1.48 bits per heavy atom. The molecule has 0 aliphatic heterocycles. The quantitative estimate of drug-likeness (QED) is 0.918. The molecule has 6 heteroatoms. The first-order chi connectivity index (χ1) is 9.52. The van der Waals surface area contributed by atoms with E-state index in [1.54, 1.807) is 18.0 Å². The zero-order valence-corrected chi connectivity index (χ0v) is 13.6. The molecule has 2 N–H and O–H groups in total. The first-order valence-corrected chi connectivity index (χ1v) is 7.29. The van der Waals surface area contributed by atoms with Crippen LogP contribution < -0.4 is 5.73 Å². The van der Waals surface area contributed by atoms with Crippen LogP contribution in [0.4, 0.5) is 4.39 Å². The van der Waals surface area contributed by atoms with Crippen molar-refractivity contribution in [3.63, 3.8) is 0 Å². The normalized spacial score (nSPS) is 21.0. The largest absolute Gasteiger partial charge is 0.341 e. The summed E-state index contributed by atoms with van der Waals surface area (Å²) in [6, 6.07) is 4.25. The number of amides is 1. The van der Waals surface area contributed by atoms with Crippen molar-refractivity contribution in [3.05, 3.63) is 34.6 Å². The van der Waals surface area contributed by atoms with E-state index in [0.717, 1.165) is 24.8 Å². The number of halogens is 3. The minimum Gasteiger partial charge on any atom is -0.341 e. The maximum absolute atomic E-state index is 13.0. The average molecular weight is 335 g/mol. The SMILES string of the molecule is CN(Cc1ccc(F)cc1Cl)C(=O)[C@@H]1CCC[C@@H]1CN.Cl. The highest BCUT2D eigenvalue weighted by molar-refractivity contribution is 6.31. The zero-order chi connectivity index (χ0) is 14.7. The molecule has 1 aliphatic carbocycles. The zero-order valence-electron chi connectivity index (χ0n) is 12.0. The van der Waals surface area contributed by atoms with Gasteiger partial charge in [-0.3, -0.25) is 4.79 Å². The predicted octanol–water partition coefficient (Wildman–Crippen LogP) is 3.23. The number of carbonyl (C=O) groups excluding carboxylic acids is 1.